The molecule has 3 rings (SSSR count). The van der Waals surface area contributed by atoms with Gasteiger partial charge in [-0.05, 0) is 30.2 Å². The molecule has 2 N–H and O–H groups in total. The molecule has 2 aromatic carbocycles. The molecule has 126 valence electrons. The van der Waals surface area contributed by atoms with Crippen LogP contribution >= 0.6 is 0 Å². The molecule has 25 heavy (non-hydrogen) atoms. The van der Waals surface area contributed by atoms with Gasteiger partial charge in [0.25, 0.3) is 0 Å². The largest absolute Gasteiger partial charge is 0.380 e. The standard InChI is InChI=1S/C21H21N3O/c1-16-6-5-9-18(12-16)14-22-19-10-11-20(23-15-19)24-21(25)13-17-7-3-2-4-8-17/h2-12,15,22H,13-14H2,1H3,(H,23,24,25). The summed E-state index contributed by atoms with van der Waals surface area (Å²) < 4.78 is 0. The molecule has 0 bridgehead atoms. The number of benzene rings is 2. The number of hydrogen-bond acceptors (Lipinski definition) is 3. The Morgan fingerprint density at radius 2 is 1.76 bits per heavy atom. The summed E-state index contributed by atoms with van der Waals surface area (Å²) >= 11 is 0. The van der Waals surface area contributed by atoms with Crippen molar-refractivity contribution >= 4 is 17.4 Å². The van der Waals surface area contributed by atoms with E-state index in [0.29, 0.717) is 12.2 Å². The molecule has 0 radical (unpaired) electrons. The number of pyridine rings is 1. The highest BCUT2D eigenvalue weighted by atomic mass is 16.1. The van der Waals surface area contributed by atoms with Crippen molar-refractivity contribution < 1.29 is 4.79 Å². The van der Waals surface area contributed by atoms with Crippen molar-refractivity contribution in [1.82, 2.24) is 4.98 Å². The van der Waals surface area contributed by atoms with Crippen LogP contribution in [0.2, 0.25) is 0 Å². The average molecular weight is 331 g/mol. The van der Waals surface area contributed by atoms with Crippen LogP contribution in [-0.4, -0.2) is 10.9 Å². The number of nitrogens with zero attached hydrogens (tertiary/aromatic N) is 1. The first-order chi connectivity index (χ1) is 12.2. The van der Waals surface area contributed by atoms with Gasteiger partial charge in [0.15, 0.2) is 0 Å². The Kier molecular flexibility index (Phi) is 5.42. The van der Waals surface area contributed by atoms with Crippen molar-refractivity contribution in [1.29, 1.82) is 0 Å². The van der Waals surface area contributed by atoms with Gasteiger partial charge in [0.2, 0.25) is 5.91 Å². The van der Waals surface area contributed by atoms with Crippen LogP contribution in [0.5, 0.6) is 0 Å². The van der Waals surface area contributed by atoms with Gasteiger partial charge in [-0.2, -0.15) is 0 Å². The van der Waals surface area contributed by atoms with Crippen LogP contribution in [0, 0.1) is 6.92 Å². The second-order valence-corrected chi connectivity index (χ2v) is 5.99. The van der Waals surface area contributed by atoms with Gasteiger partial charge in [-0.3, -0.25) is 4.79 Å². The number of aromatic nitrogens is 1. The molecule has 0 spiro atoms. The Hall–Kier alpha value is -3.14. The minimum absolute atomic E-state index is 0.0702. The zero-order chi connectivity index (χ0) is 17.5. The lowest BCUT2D eigenvalue weighted by Crippen LogP contribution is -2.15. The fourth-order valence-electron chi connectivity index (χ4n) is 2.57. The molecule has 3 aromatic rings. The molecular weight excluding hydrogens is 310 g/mol. The average Bonchev–Trinajstić information content (AvgIpc) is 2.62. The van der Waals surface area contributed by atoms with Crippen LogP contribution in [0.4, 0.5) is 11.5 Å². The maximum absolute atomic E-state index is 12.0. The first-order valence-electron chi connectivity index (χ1n) is 8.28. The summed E-state index contributed by atoms with van der Waals surface area (Å²) in [5, 5.41) is 6.15. The highest BCUT2D eigenvalue weighted by molar-refractivity contribution is 5.91. The summed E-state index contributed by atoms with van der Waals surface area (Å²) in [6, 6.07) is 21.8. The molecule has 4 heteroatoms. The van der Waals surface area contributed by atoms with Crippen LogP contribution < -0.4 is 10.6 Å². The van der Waals surface area contributed by atoms with E-state index in [4.69, 9.17) is 0 Å². The Bertz CT molecular complexity index is 829. The second-order valence-electron chi connectivity index (χ2n) is 5.99. The molecule has 0 saturated carbocycles. The maximum atomic E-state index is 12.0. The molecule has 0 saturated heterocycles. The predicted molar refractivity (Wildman–Crippen MR) is 102 cm³/mol. The fraction of sp³-hybridized carbons (Fsp3) is 0.143. The molecule has 1 amide bonds. The quantitative estimate of drug-likeness (QED) is 0.712. The maximum Gasteiger partial charge on any atom is 0.229 e. The Balaban J connectivity index is 1.52. The minimum Gasteiger partial charge on any atom is -0.380 e. The van der Waals surface area contributed by atoms with Gasteiger partial charge in [-0.1, -0.05) is 60.2 Å². The molecule has 0 aliphatic carbocycles. The molecule has 0 unspecified atom stereocenters. The molecule has 0 atom stereocenters. The van der Waals surface area contributed by atoms with Crippen LogP contribution in [0.1, 0.15) is 16.7 Å². The number of carbonyl (C=O) groups excluding carboxylic acids is 1. The monoisotopic (exact) mass is 331 g/mol. The van der Waals surface area contributed by atoms with E-state index in [1.807, 2.05) is 42.5 Å². The number of hydrogen-bond donors (Lipinski definition) is 2. The molecule has 0 aliphatic heterocycles. The Morgan fingerprint density at radius 1 is 0.960 bits per heavy atom. The van der Waals surface area contributed by atoms with E-state index in [-0.39, 0.29) is 5.91 Å². The van der Waals surface area contributed by atoms with Crippen molar-refractivity contribution in [2.75, 3.05) is 10.6 Å². The lowest BCUT2D eigenvalue weighted by molar-refractivity contribution is -0.115. The first kappa shape index (κ1) is 16.7. The lowest BCUT2D eigenvalue weighted by Gasteiger charge is -2.08. The highest BCUT2D eigenvalue weighted by Crippen LogP contribution is 2.12. The summed E-state index contributed by atoms with van der Waals surface area (Å²) in [4.78, 5) is 16.3. The number of carbonyl (C=O) groups is 1. The molecule has 0 fully saturated rings. The van der Waals surface area contributed by atoms with Crippen LogP contribution in [-0.2, 0) is 17.8 Å². The van der Waals surface area contributed by atoms with Crippen molar-refractivity contribution in [2.24, 2.45) is 0 Å². The van der Waals surface area contributed by atoms with Crippen LogP contribution in [0.15, 0.2) is 72.9 Å². The number of aryl methyl sites for hydroxylation is 1. The van der Waals surface area contributed by atoms with Gasteiger partial charge < -0.3 is 10.6 Å². The molecule has 4 nitrogen and oxygen atoms in total. The SMILES string of the molecule is Cc1cccc(CNc2ccc(NC(=O)Cc3ccccc3)nc2)c1. The van der Waals surface area contributed by atoms with Crippen LogP contribution in [0.3, 0.4) is 0 Å². The summed E-state index contributed by atoms with van der Waals surface area (Å²) in [5.74, 6) is 0.487. The zero-order valence-corrected chi connectivity index (χ0v) is 14.2. The second kappa shape index (κ2) is 8.11. The van der Waals surface area contributed by atoms with Gasteiger partial charge in [0, 0.05) is 6.54 Å². The summed E-state index contributed by atoms with van der Waals surface area (Å²) in [5.41, 5.74) is 4.37. The number of rotatable bonds is 6. The zero-order valence-electron chi connectivity index (χ0n) is 14.2. The van der Waals surface area contributed by atoms with Crippen molar-refractivity contribution in [3.05, 3.63) is 89.6 Å². The minimum atomic E-state index is -0.0702. The van der Waals surface area contributed by atoms with Gasteiger partial charge in [-0.15, -0.1) is 0 Å². The Morgan fingerprint density at radius 3 is 2.48 bits per heavy atom. The van der Waals surface area contributed by atoms with E-state index in [2.05, 4.69) is 46.8 Å². The van der Waals surface area contributed by atoms with Crippen LogP contribution in [0.25, 0.3) is 0 Å². The van der Waals surface area contributed by atoms with E-state index >= 15 is 0 Å². The molecule has 1 heterocycles. The highest BCUT2D eigenvalue weighted by Gasteiger charge is 2.04. The molecule has 0 aliphatic rings. The lowest BCUT2D eigenvalue weighted by atomic mass is 10.1. The molecule has 1 aromatic heterocycles. The smallest absolute Gasteiger partial charge is 0.229 e. The Labute approximate surface area is 147 Å². The van der Waals surface area contributed by atoms with E-state index in [0.717, 1.165) is 17.8 Å². The van der Waals surface area contributed by atoms with E-state index in [1.165, 1.54) is 11.1 Å². The van der Waals surface area contributed by atoms with E-state index in [9.17, 15) is 4.79 Å². The third kappa shape index (κ3) is 5.18. The first-order valence-corrected chi connectivity index (χ1v) is 8.28. The third-order valence-corrected chi connectivity index (χ3v) is 3.82. The fourth-order valence-corrected chi connectivity index (χ4v) is 2.57. The predicted octanol–water partition coefficient (Wildman–Crippen LogP) is 4.18. The number of nitrogens with one attached hydrogen (secondary N) is 2. The summed E-state index contributed by atoms with van der Waals surface area (Å²) in [6.07, 6.45) is 2.07. The van der Waals surface area contributed by atoms with Crippen molar-refractivity contribution in [2.45, 2.75) is 19.9 Å². The van der Waals surface area contributed by atoms with Crippen molar-refractivity contribution in [3.8, 4) is 0 Å². The third-order valence-electron chi connectivity index (χ3n) is 3.82. The number of anilines is 2. The summed E-state index contributed by atoms with van der Waals surface area (Å²) in [7, 11) is 0. The normalized spacial score (nSPS) is 10.3. The molecular formula is C21H21N3O. The van der Waals surface area contributed by atoms with Gasteiger partial charge in [0.1, 0.15) is 5.82 Å². The van der Waals surface area contributed by atoms with E-state index < -0.39 is 0 Å². The number of amides is 1. The topological polar surface area (TPSA) is 54.0 Å². The van der Waals surface area contributed by atoms with Gasteiger partial charge in [0.05, 0.1) is 18.3 Å². The van der Waals surface area contributed by atoms with Gasteiger partial charge >= 0.3 is 0 Å². The van der Waals surface area contributed by atoms with Gasteiger partial charge in [-0.25, -0.2) is 4.98 Å². The summed E-state index contributed by atoms with van der Waals surface area (Å²) in [6.45, 7) is 2.82. The van der Waals surface area contributed by atoms with Crippen molar-refractivity contribution in [3.63, 3.8) is 0 Å². The van der Waals surface area contributed by atoms with E-state index in [1.54, 1.807) is 6.20 Å².